The number of rotatable bonds is 6. The zero-order valence-corrected chi connectivity index (χ0v) is 14.9. The lowest BCUT2D eigenvalue weighted by Crippen LogP contribution is -2.24. The van der Waals surface area contributed by atoms with Crippen molar-refractivity contribution < 1.29 is 9.59 Å². The molecule has 0 unspecified atom stereocenters. The van der Waals surface area contributed by atoms with E-state index in [0.29, 0.717) is 16.9 Å². The van der Waals surface area contributed by atoms with Crippen molar-refractivity contribution in [1.82, 2.24) is 14.8 Å². The molecule has 3 rings (SSSR count). The van der Waals surface area contributed by atoms with E-state index in [4.69, 9.17) is 12.2 Å². The Morgan fingerprint density at radius 3 is 3.00 bits per heavy atom. The highest BCUT2D eigenvalue weighted by Crippen LogP contribution is 2.24. The maximum Gasteiger partial charge on any atom is 0.244 e. The summed E-state index contributed by atoms with van der Waals surface area (Å²) < 4.78 is 2.15. The van der Waals surface area contributed by atoms with Crippen LogP contribution in [-0.4, -0.2) is 33.1 Å². The van der Waals surface area contributed by atoms with Crippen LogP contribution in [0.3, 0.4) is 0 Å². The first-order chi connectivity index (χ1) is 12.1. The Morgan fingerprint density at radius 2 is 2.28 bits per heavy atom. The van der Waals surface area contributed by atoms with E-state index in [1.165, 1.54) is 0 Å². The molecule has 1 aromatic carbocycles. The van der Waals surface area contributed by atoms with Crippen molar-refractivity contribution in [3.63, 3.8) is 0 Å². The summed E-state index contributed by atoms with van der Waals surface area (Å²) in [5, 5.41) is 9.77. The molecular formula is C17H21N5O2S. The van der Waals surface area contributed by atoms with Gasteiger partial charge in [0.1, 0.15) is 12.4 Å². The highest BCUT2D eigenvalue weighted by Gasteiger charge is 2.21. The van der Waals surface area contributed by atoms with Gasteiger partial charge in [-0.1, -0.05) is 13.0 Å². The summed E-state index contributed by atoms with van der Waals surface area (Å²) in [4.78, 5) is 26.0. The molecule has 2 amide bonds. The molecule has 1 fully saturated rings. The van der Waals surface area contributed by atoms with E-state index in [1.54, 1.807) is 9.47 Å². The number of H-pyrrole nitrogens is 1. The Bertz CT molecular complexity index is 842. The van der Waals surface area contributed by atoms with E-state index in [1.807, 2.05) is 31.2 Å². The van der Waals surface area contributed by atoms with Gasteiger partial charge in [-0.2, -0.15) is 5.10 Å². The summed E-state index contributed by atoms with van der Waals surface area (Å²) in [5.74, 6) is 0.719. The van der Waals surface area contributed by atoms with Crippen LogP contribution in [0.1, 0.15) is 32.0 Å². The second kappa shape index (κ2) is 7.60. The number of nitrogens with zero attached hydrogens (tertiary/aromatic N) is 3. The van der Waals surface area contributed by atoms with Crippen LogP contribution in [0.25, 0.3) is 0 Å². The van der Waals surface area contributed by atoms with Crippen LogP contribution in [0.5, 0.6) is 0 Å². The summed E-state index contributed by atoms with van der Waals surface area (Å²) in [7, 11) is 0. The number of hydrogen-bond acceptors (Lipinski definition) is 4. The Kier molecular flexibility index (Phi) is 5.28. The van der Waals surface area contributed by atoms with Crippen molar-refractivity contribution in [2.75, 3.05) is 16.8 Å². The normalized spacial score (nSPS) is 14.1. The summed E-state index contributed by atoms with van der Waals surface area (Å²) in [6, 6.07) is 7.35. The maximum atomic E-state index is 12.4. The van der Waals surface area contributed by atoms with Crippen molar-refractivity contribution in [3.8, 4) is 0 Å². The van der Waals surface area contributed by atoms with Crippen molar-refractivity contribution in [2.24, 2.45) is 0 Å². The van der Waals surface area contributed by atoms with Gasteiger partial charge in [0.25, 0.3) is 0 Å². The van der Waals surface area contributed by atoms with Crippen LogP contribution >= 0.6 is 12.2 Å². The first-order valence-electron chi connectivity index (χ1n) is 8.43. The quantitative estimate of drug-likeness (QED) is 0.777. The molecule has 0 radical (unpaired) electrons. The fraction of sp³-hybridized carbons (Fsp3) is 0.412. The molecule has 132 valence electrons. The van der Waals surface area contributed by atoms with Crippen LogP contribution in [-0.2, 0) is 22.6 Å². The standard InChI is InChI=1S/C17H21N5O2S/c1-2-5-14-19-20-17(25)22(14)11-15(23)18-12-6-3-7-13(10-12)21-9-4-8-16(21)24/h3,6-7,10H,2,4-5,8-9,11H2,1H3,(H,18,23)(H,20,25). The molecule has 2 N–H and O–H groups in total. The maximum absolute atomic E-state index is 12.4. The molecule has 0 atom stereocenters. The number of anilines is 2. The average Bonchev–Trinajstić information content (AvgIpc) is 3.16. The highest BCUT2D eigenvalue weighted by atomic mass is 32.1. The number of aromatic amines is 1. The SMILES string of the molecule is CCCc1n[nH]c(=S)n1CC(=O)Nc1cccc(N2CCCC2=O)c1. The molecule has 2 heterocycles. The van der Waals surface area contributed by atoms with Crippen LogP contribution in [0.4, 0.5) is 11.4 Å². The smallest absolute Gasteiger partial charge is 0.244 e. The van der Waals surface area contributed by atoms with Gasteiger partial charge in [0, 0.05) is 30.8 Å². The fourth-order valence-electron chi connectivity index (χ4n) is 2.94. The minimum atomic E-state index is -0.181. The predicted molar refractivity (Wildman–Crippen MR) is 98.1 cm³/mol. The van der Waals surface area contributed by atoms with Crippen LogP contribution in [0.15, 0.2) is 24.3 Å². The van der Waals surface area contributed by atoms with Gasteiger partial charge in [0.05, 0.1) is 0 Å². The zero-order valence-electron chi connectivity index (χ0n) is 14.1. The van der Waals surface area contributed by atoms with Gasteiger partial charge in [0.2, 0.25) is 11.8 Å². The third kappa shape index (κ3) is 3.96. The van der Waals surface area contributed by atoms with E-state index in [2.05, 4.69) is 15.5 Å². The molecule has 1 aliphatic heterocycles. The minimum Gasteiger partial charge on any atom is -0.324 e. The molecule has 1 aliphatic rings. The monoisotopic (exact) mass is 359 g/mol. The lowest BCUT2D eigenvalue weighted by molar-refractivity contribution is -0.117. The van der Waals surface area contributed by atoms with Crippen molar-refractivity contribution in [1.29, 1.82) is 0 Å². The molecule has 0 bridgehead atoms. The summed E-state index contributed by atoms with van der Waals surface area (Å²) in [5.41, 5.74) is 1.47. The second-order valence-electron chi connectivity index (χ2n) is 6.03. The number of nitrogens with one attached hydrogen (secondary N) is 2. The molecule has 0 aliphatic carbocycles. The van der Waals surface area contributed by atoms with Crippen LogP contribution in [0.2, 0.25) is 0 Å². The van der Waals surface area contributed by atoms with E-state index in [0.717, 1.165) is 37.3 Å². The van der Waals surface area contributed by atoms with Gasteiger partial charge in [-0.15, -0.1) is 0 Å². The summed E-state index contributed by atoms with van der Waals surface area (Å²) in [6.45, 7) is 2.88. The molecule has 2 aromatic rings. The largest absolute Gasteiger partial charge is 0.324 e. The Morgan fingerprint density at radius 1 is 1.44 bits per heavy atom. The molecule has 0 saturated carbocycles. The first kappa shape index (κ1) is 17.3. The zero-order chi connectivity index (χ0) is 17.8. The third-order valence-electron chi connectivity index (χ3n) is 4.13. The molecule has 0 spiro atoms. The minimum absolute atomic E-state index is 0.109. The number of carbonyl (C=O) groups excluding carboxylic acids is 2. The Labute approximate surface area is 151 Å². The van der Waals surface area contributed by atoms with Crippen LogP contribution in [0, 0.1) is 4.77 Å². The van der Waals surface area contributed by atoms with E-state index >= 15 is 0 Å². The molecule has 8 heteroatoms. The third-order valence-corrected chi connectivity index (χ3v) is 4.44. The first-order valence-corrected chi connectivity index (χ1v) is 8.83. The van der Waals surface area contributed by atoms with E-state index in [-0.39, 0.29) is 18.4 Å². The predicted octanol–water partition coefficient (Wildman–Crippen LogP) is 2.66. The average molecular weight is 359 g/mol. The number of aryl methyl sites for hydroxylation is 1. The van der Waals surface area contributed by atoms with Crippen molar-refractivity contribution >= 4 is 35.4 Å². The number of hydrogen-bond donors (Lipinski definition) is 2. The second-order valence-corrected chi connectivity index (χ2v) is 6.42. The van der Waals surface area contributed by atoms with E-state index in [9.17, 15) is 9.59 Å². The van der Waals surface area contributed by atoms with Gasteiger partial charge < -0.3 is 10.2 Å². The Balaban J connectivity index is 1.70. The lowest BCUT2D eigenvalue weighted by atomic mass is 10.2. The van der Waals surface area contributed by atoms with Gasteiger partial charge in [-0.3, -0.25) is 19.3 Å². The molecule has 1 saturated heterocycles. The highest BCUT2D eigenvalue weighted by molar-refractivity contribution is 7.71. The van der Waals surface area contributed by atoms with Crippen molar-refractivity contribution in [2.45, 2.75) is 39.2 Å². The summed E-state index contributed by atoms with van der Waals surface area (Å²) >= 11 is 5.20. The van der Waals surface area contributed by atoms with Gasteiger partial charge in [0.15, 0.2) is 4.77 Å². The topological polar surface area (TPSA) is 83.0 Å². The Hall–Kier alpha value is -2.48. The van der Waals surface area contributed by atoms with Gasteiger partial charge >= 0.3 is 0 Å². The van der Waals surface area contributed by atoms with Gasteiger partial charge in [-0.25, -0.2) is 0 Å². The number of aromatic nitrogens is 3. The molecular weight excluding hydrogens is 338 g/mol. The number of carbonyl (C=O) groups is 2. The van der Waals surface area contributed by atoms with E-state index < -0.39 is 0 Å². The molecule has 25 heavy (non-hydrogen) atoms. The van der Waals surface area contributed by atoms with Gasteiger partial charge in [-0.05, 0) is 43.3 Å². The molecule has 1 aromatic heterocycles. The molecule has 7 nitrogen and oxygen atoms in total. The fourth-order valence-corrected chi connectivity index (χ4v) is 3.16. The number of benzene rings is 1. The summed E-state index contributed by atoms with van der Waals surface area (Å²) in [6.07, 6.45) is 3.13. The lowest BCUT2D eigenvalue weighted by Gasteiger charge is -2.17. The number of amides is 2. The van der Waals surface area contributed by atoms with Crippen molar-refractivity contribution in [3.05, 3.63) is 34.9 Å². The van der Waals surface area contributed by atoms with Crippen LogP contribution < -0.4 is 10.2 Å².